The molecule has 0 aliphatic carbocycles. The smallest absolute Gasteiger partial charge is 0.219 e. The fraction of sp³-hybridized carbons (Fsp3) is 0.429. The van der Waals surface area contributed by atoms with E-state index in [0.29, 0.717) is 30.5 Å². The summed E-state index contributed by atoms with van der Waals surface area (Å²) in [6.45, 7) is 12.2. The number of aliphatic imine (C=N–C) groups is 1. The Kier molecular flexibility index (Phi) is 7.46. The molecule has 0 bridgehead atoms. The molecule has 27 heavy (non-hydrogen) atoms. The molecule has 0 fully saturated rings. The largest absolute Gasteiger partial charge is 0.490 e. The van der Waals surface area contributed by atoms with E-state index >= 15 is 0 Å². The van der Waals surface area contributed by atoms with Crippen LogP contribution in [0.3, 0.4) is 0 Å². The zero-order valence-electron chi connectivity index (χ0n) is 16.9. The third-order valence-electron chi connectivity index (χ3n) is 3.42. The van der Waals surface area contributed by atoms with E-state index in [4.69, 9.17) is 9.47 Å². The number of benzene rings is 1. The van der Waals surface area contributed by atoms with Crippen molar-refractivity contribution in [3.63, 3.8) is 0 Å². The molecule has 0 saturated heterocycles. The first kappa shape index (κ1) is 20.6. The van der Waals surface area contributed by atoms with Gasteiger partial charge < -0.3 is 20.1 Å². The molecule has 1 heterocycles. The molecule has 0 amide bonds. The van der Waals surface area contributed by atoms with Crippen molar-refractivity contribution in [3.8, 4) is 17.4 Å². The Hall–Kier alpha value is -2.76. The summed E-state index contributed by atoms with van der Waals surface area (Å²) in [5.41, 5.74) is 0.955. The first-order valence-corrected chi connectivity index (χ1v) is 9.32. The van der Waals surface area contributed by atoms with E-state index in [1.165, 1.54) is 0 Å². The van der Waals surface area contributed by atoms with Crippen molar-refractivity contribution < 1.29 is 9.47 Å². The fourth-order valence-electron chi connectivity index (χ4n) is 2.32. The van der Waals surface area contributed by atoms with Crippen LogP contribution in [0.25, 0.3) is 0 Å². The standard InChI is InChI=1S/C21H30N4O2/c1-6-22-20(25-21(3,4)5)24-15-16-12-13-19(23-14-16)27-18-11-9-8-10-17(18)26-7-2/h8-14H,6-7,15H2,1-5H3,(H2,22,24,25). The predicted octanol–water partition coefficient (Wildman–Crippen LogP) is 4.13. The Morgan fingerprint density at radius 2 is 1.81 bits per heavy atom. The summed E-state index contributed by atoms with van der Waals surface area (Å²) in [6.07, 6.45) is 1.78. The first-order chi connectivity index (χ1) is 12.9. The van der Waals surface area contributed by atoms with Crippen LogP contribution in [0, 0.1) is 0 Å². The lowest BCUT2D eigenvalue weighted by atomic mass is 10.1. The van der Waals surface area contributed by atoms with Gasteiger partial charge in [0, 0.05) is 24.3 Å². The molecule has 0 aliphatic rings. The third-order valence-corrected chi connectivity index (χ3v) is 3.42. The van der Waals surface area contributed by atoms with Crippen molar-refractivity contribution in [2.24, 2.45) is 4.99 Å². The highest BCUT2D eigenvalue weighted by Crippen LogP contribution is 2.30. The van der Waals surface area contributed by atoms with Crippen LogP contribution in [0.5, 0.6) is 17.4 Å². The lowest BCUT2D eigenvalue weighted by Gasteiger charge is -2.23. The van der Waals surface area contributed by atoms with Gasteiger partial charge in [0.05, 0.1) is 13.2 Å². The maximum atomic E-state index is 5.85. The van der Waals surface area contributed by atoms with Crippen LogP contribution in [0.2, 0.25) is 0 Å². The van der Waals surface area contributed by atoms with Gasteiger partial charge in [-0.1, -0.05) is 18.2 Å². The van der Waals surface area contributed by atoms with E-state index < -0.39 is 0 Å². The van der Waals surface area contributed by atoms with Crippen LogP contribution in [0.1, 0.15) is 40.2 Å². The van der Waals surface area contributed by atoms with Gasteiger partial charge in [-0.25, -0.2) is 9.98 Å². The summed E-state index contributed by atoms with van der Waals surface area (Å²) in [5, 5.41) is 6.62. The highest BCUT2D eigenvalue weighted by Gasteiger charge is 2.11. The highest BCUT2D eigenvalue weighted by molar-refractivity contribution is 5.80. The van der Waals surface area contributed by atoms with Crippen LogP contribution in [-0.4, -0.2) is 29.6 Å². The Labute approximate surface area is 162 Å². The Morgan fingerprint density at radius 1 is 1.07 bits per heavy atom. The number of nitrogens with zero attached hydrogens (tertiary/aromatic N) is 2. The molecule has 6 heteroatoms. The Balaban J connectivity index is 2.03. The summed E-state index contributed by atoms with van der Waals surface area (Å²) in [6, 6.07) is 11.4. The van der Waals surface area contributed by atoms with Gasteiger partial charge in [0.2, 0.25) is 5.88 Å². The second-order valence-corrected chi connectivity index (χ2v) is 7.06. The second kappa shape index (κ2) is 9.80. The van der Waals surface area contributed by atoms with Gasteiger partial charge in [-0.3, -0.25) is 0 Å². The van der Waals surface area contributed by atoms with Gasteiger partial charge in [0.25, 0.3) is 0 Å². The minimum Gasteiger partial charge on any atom is -0.490 e. The van der Waals surface area contributed by atoms with E-state index in [1.54, 1.807) is 6.20 Å². The summed E-state index contributed by atoms with van der Waals surface area (Å²) < 4.78 is 11.4. The van der Waals surface area contributed by atoms with Crippen molar-refractivity contribution in [1.82, 2.24) is 15.6 Å². The van der Waals surface area contributed by atoms with Crippen molar-refractivity contribution in [2.75, 3.05) is 13.2 Å². The number of guanidine groups is 1. The number of rotatable bonds is 7. The number of hydrogen-bond donors (Lipinski definition) is 2. The molecule has 0 atom stereocenters. The number of pyridine rings is 1. The maximum Gasteiger partial charge on any atom is 0.219 e. The minimum absolute atomic E-state index is 0.0507. The summed E-state index contributed by atoms with van der Waals surface area (Å²) in [7, 11) is 0. The molecule has 146 valence electrons. The van der Waals surface area contributed by atoms with E-state index in [0.717, 1.165) is 18.1 Å². The zero-order valence-corrected chi connectivity index (χ0v) is 16.9. The van der Waals surface area contributed by atoms with Gasteiger partial charge in [0.1, 0.15) is 0 Å². The van der Waals surface area contributed by atoms with Crippen LogP contribution < -0.4 is 20.1 Å². The molecule has 2 N–H and O–H groups in total. The summed E-state index contributed by atoms with van der Waals surface area (Å²) in [4.78, 5) is 9.00. The van der Waals surface area contributed by atoms with Crippen molar-refractivity contribution in [3.05, 3.63) is 48.2 Å². The van der Waals surface area contributed by atoms with E-state index in [1.807, 2.05) is 50.2 Å². The molecule has 0 aliphatic heterocycles. The number of hydrogen-bond acceptors (Lipinski definition) is 4. The minimum atomic E-state index is -0.0507. The molecular formula is C21H30N4O2. The number of para-hydroxylation sites is 2. The molecule has 1 aromatic heterocycles. The molecule has 0 spiro atoms. The Morgan fingerprint density at radius 3 is 2.41 bits per heavy atom. The number of ether oxygens (including phenoxy) is 2. The van der Waals surface area contributed by atoms with Crippen LogP contribution >= 0.6 is 0 Å². The molecule has 1 aromatic carbocycles. The van der Waals surface area contributed by atoms with Crippen LogP contribution in [0.4, 0.5) is 0 Å². The molecular weight excluding hydrogens is 340 g/mol. The van der Waals surface area contributed by atoms with Gasteiger partial charge in [0.15, 0.2) is 17.5 Å². The molecule has 2 aromatic rings. The van der Waals surface area contributed by atoms with Gasteiger partial charge in [-0.05, 0) is 52.3 Å². The monoisotopic (exact) mass is 370 g/mol. The van der Waals surface area contributed by atoms with E-state index in [2.05, 4.69) is 41.4 Å². The molecule has 0 saturated carbocycles. The normalized spacial score (nSPS) is 11.8. The second-order valence-electron chi connectivity index (χ2n) is 7.06. The van der Waals surface area contributed by atoms with Gasteiger partial charge in [-0.2, -0.15) is 0 Å². The van der Waals surface area contributed by atoms with E-state index in [-0.39, 0.29) is 5.54 Å². The highest BCUT2D eigenvalue weighted by atomic mass is 16.5. The molecule has 6 nitrogen and oxygen atoms in total. The number of aromatic nitrogens is 1. The van der Waals surface area contributed by atoms with Gasteiger partial charge >= 0.3 is 0 Å². The first-order valence-electron chi connectivity index (χ1n) is 9.32. The van der Waals surface area contributed by atoms with Crippen LogP contribution in [0.15, 0.2) is 47.6 Å². The number of nitrogens with one attached hydrogen (secondary N) is 2. The van der Waals surface area contributed by atoms with Gasteiger partial charge in [-0.15, -0.1) is 0 Å². The predicted molar refractivity (Wildman–Crippen MR) is 110 cm³/mol. The average Bonchev–Trinajstić information content (AvgIpc) is 2.62. The molecule has 0 radical (unpaired) electrons. The lowest BCUT2D eigenvalue weighted by Crippen LogP contribution is -2.47. The van der Waals surface area contributed by atoms with Crippen molar-refractivity contribution in [2.45, 2.75) is 46.7 Å². The Bertz CT molecular complexity index is 737. The van der Waals surface area contributed by atoms with Crippen molar-refractivity contribution >= 4 is 5.96 Å². The summed E-state index contributed by atoms with van der Waals surface area (Å²) in [5.74, 6) is 2.67. The zero-order chi connectivity index (χ0) is 19.7. The quantitative estimate of drug-likeness (QED) is 0.567. The summed E-state index contributed by atoms with van der Waals surface area (Å²) >= 11 is 0. The van der Waals surface area contributed by atoms with E-state index in [9.17, 15) is 0 Å². The van der Waals surface area contributed by atoms with Crippen molar-refractivity contribution in [1.29, 1.82) is 0 Å². The molecule has 0 unspecified atom stereocenters. The third kappa shape index (κ3) is 7.17. The average molecular weight is 370 g/mol. The fourth-order valence-corrected chi connectivity index (χ4v) is 2.32. The molecule has 2 rings (SSSR count). The SMILES string of the molecule is CCNC(=NCc1ccc(Oc2ccccc2OCC)nc1)NC(C)(C)C. The van der Waals surface area contributed by atoms with Crippen LogP contribution in [-0.2, 0) is 6.54 Å². The maximum absolute atomic E-state index is 5.85. The topological polar surface area (TPSA) is 67.8 Å². The lowest BCUT2D eigenvalue weighted by molar-refractivity contribution is 0.319.